The van der Waals surface area contributed by atoms with Gasteiger partial charge in [0.1, 0.15) is 0 Å². The van der Waals surface area contributed by atoms with Gasteiger partial charge < -0.3 is 5.32 Å². The number of carbonyl (C=O) groups is 2. The van der Waals surface area contributed by atoms with Crippen LogP contribution in [0.5, 0.6) is 0 Å². The number of nitrogens with zero attached hydrogens (tertiary/aromatic N) is 3. The molecule has 1 aliphatic rings. The summed E-state index contributed by atoms with van der Waals surface area (Å²) in [6.07, 6.45) is 0.685. The molecule has 25 heavy (non-hydrogen) atoms. The van der Waals surface area contributed by atoms with Crippen LogP contribution >= 0.6 is 11.8 Å². The molecule has 1 fully saturated rings. The molecule has 3 rings (SSSR count). The topological polar surface area (TPSA) is 100 Å². The summed E-state index contributed by atoms with van der Waals surface area (Å²) in [6, 6.07) is 9.46. The quantitative estimate of drug-likeness (QED) is 0.743. The summed E-state index contributed by atoms with van der Waals surface area (Å²) in [5.74, 6) is -0.287. The SMILES string of the molecule is C[C@H](Sc1n[nH]c(=O)n1CCc1ccccc1)C(=O)N1CCNC1=O. The van der Waals surface area contributed by atoms with E-state index in [1.807, 2.05) is 30.3 Å². The largest absolute Gasteiger partial charge is 0.343 e. The first-order valence-electron chi connectivity index (χ1n) is 8.01. The Kier molecular flexibility index (Phi) is 5.22. The van der Waals surface area contributed by atoms with Gasteiger partial charge in [-0.2, -0.15) is 0 Å². The Morgan fingerprint density at radius 2 is 2.08 bits per heavy atom. The van der Waals surface area contributed by atoms with Gasteiger partial charge in [-0.1, -0.05) is 42.1 Å². The van der Waals surface area contributed by atoms with Crippen LogP contribution in [0.1, 0.15) is 12.5 Å². The van der Waals surface area contributed by atoms with Gasteiger partial charge in [-0.25, -0.2) is 14.7 Å². The van der Waals surface area contributed by atoms with Crippen LogP contribution in [0.3, 0.4) is 0 Å². The van der Waals surface area contributed by atoms with Gasteiger partial charge in [0.2, 0.25) is 5.91 Å². The van der Waals surface area contributed by atoms with E-state index in [0.717, 1.165) is 5.56 Å². The number of amides is 3. The fourth-order valence-electron chi connectivity index (χ4n) is 2.59. The Morgan fingerprint density at radius 1 is 1.32 bits per heavy atom. The first-order chi connectivity index (χ1) is 12.1. The lowest BCUT2D eigenvalue weighted by Crippen LogP contribution is -2.39. The van der Waals surface area contributed by atoms with E-state index in [2.05, 4.69) is 15.5 Å². The third-order valence-electron chi connectivity index (χ3n) is 3.94. The molecule has 1 aliphatic heterocycles. The number of nitrogens with one attached hydrogen (secondary N) is 2. The lowest BCUT2D eigenvalue weighted by atomic mass is 10.1. The number of rotatable bonds is 6. The van der Waals surface area contributed by atoms with Gasteiger partial charge >= 0.3 is 11.7 Å². The van der Waals surface area contributed by atoms with E-state index in [0.29, 0.717) is 31.2 Å². The minimum Gasteiger partial charge on any atom is -0.336 e. The highest BCUT2D eigenvalue weighted by Gasteiger charge is 2.31. The maximum Gasteiger partial charge on any atom is 0.343 e. The van der Waals surface area contributed by atoms with Crippen LogP contribution in [-0.4, -0.2) is 49.9 Å². The fraction of sp³-hybridized carbons (Fsp3) is 0.375. The second-order valence-electron chi connectivity index (χ2n) is 5.68. The molecule has 1 aromatic carbocycles. The summed E-state index contributed by atoms with van der Waals surface area (Å²) < 4.78 is 1.52. The van der Waals surface area contributed by atoms with Crippen LogP contribution in [0.4, 0.5) is 4.79 Å². The summed E-state index contributed by atoms with van der Waals surface area (Å²) in [6.45, 7) is 3.00. The predicted molar refractivity (Wildman–Crippen MR) is 93.4 cm³/mol. The van der Waals surface area contributed by atoms with E-state index < -0.39 is 5.25 Å². The van der Waals surface area contributed by atoms with E-state index in [-0.39, 0.29) is 17.6 Å². The normalized spacial score (nSPS) is 15.2. The molecule has 0 aliphatic carbocycles. The molecule has 2 heterocycles. The number of H-pyrrole nitrogens is 1. The van der Waals surface area contributed by atoms with E-state index >= 15 is 0 Å². The number of urea groups is 1. The molecule has 0 bridgehead atoms. The highest BCUT2D eigenvalue weighted by Crippen LogP contribution is 2.22. The zero-order valence-electron chi connectivity index (χ0n) is 13.8. The standard InChI is InChI=1S/C16H19N5O3S/c1-11(13(22)20-10-8-17-14(20)23)25-16-19-18-15(24)21(16)9-7-12-5-3-2-4-6-12/h2-6,11H,7-10H2,1H3,(H,17,23)(H,18,24)/t11-/m0/s1. The van der Waals surface area contributed by atoms with Gasteiger partial charge in [-0.15, -0.1) is 5.10 Å². The summed E-state index contributed by atoms with van der Waals surface area (Å²) in [5, 5.41) is 8.97. The number of aromatic amines is 1. The summed E-state index contributed by atoms with van der Waals surface area (Å²) in [5.41, 5.74) is 0.807. The lowest BCUT2D eigenvalue weighted by Gasteiger charge is -2.17. The molecule has 3 amide bonds. The Hall–Kier alpha value is -2.55. The lowest BCUT2D eigenvalue weighted by molar-refractivity contribution is -0.126. The Bertz CT molecular complexity index is 817. The Balaban J connectivity index is 1.67. The summed E-state index contributed by atoms with van der Waals surface area (Å²) in [7, 11) is 0. The van der Waals surface area contributed by atoms with Gasteiger partial charge in [0.25, 0.3) is 0 Å². The number of thioether (sulfide) groups is 1. The van der Waals surface area contributed by atoms with Gasteiger partial charge in [0.05, 0.1) is 5.25 Å². The summed E-state index contributed by atoms with van der Waals surface area (Å²) in [4.78, 5) is 37.2. The van der Waals surface area contributed by atoms with Crippen molar-refractivity contribution >= 4 is 23.7 Å². The van der Waals surface area contributed by atoms with Crippen molar-refractivity contribution in [2.45, 2.75) is 30.3 Å². The average molecular weight is 361 g/mol. The number of hydrogen-bond acceptors (Lipinski definition) is 5. The Morgan fingerprint density at radius 3 is 2.76 bits per heavy atom. The summed E-state index contributed by atoms with van der Waals surface area (Å²) >= 11 is 1.17. The third kappa shape index (κ3) is 3.93. The van der Waals surface area contributed by atoms with Crippen LogP contribution < -0.4 is 11.0 Å². The van der Waals surface area contributed by atoms with Crippen molar-refractivity contribution in [1.29, 1.82) is 0 Å². The second-order valence-corrected chi connectivity index (χ2v) is 6.99. The maximum atomic E-state index is 12.4. The van der Waals surface area contributed by atoms with Crippen molar-refractivity contribution in [1.82, 2.24) is 25.0 Å². The van der Waals surface area contributed by atoms with Crippen LogP contribution in [0.2, 0.25) is 0 Å². The number of hydrogen-bond donors (Lipinski definition) is 2. The molecule has 0 radical (unpaired) electrons. The average Bonchev–Trinajstić information content (AvgIpc) is 3.19. The van der Waals surface area contributed by atoms with Crippen molar-refractivity contribution in [2.24, 2.45) is 0 Å². The van der Waals surface area contributed by atoms with Crippen molar-refractivity contribution in [3.05, 3.63) is 46.4 Å². The molecule has 0 unspecified atom stereocenters. The van der Waals surface area contributed by atoms with Crippen LogP contribution in [-0.2, 0) is 17.8 Å². The van der Waals surface area contributed by atoms with Crippen molar-refractivity contribution < 1.29 is 9.59 Å². The Labute approximate surface area is 148 Å². The molecule has 1 saturated heterocycles. The molecule has 8 nitrogen and oxygen atoms in total. The van der Waals surface area contributed by atoms with Gasteiger partial charge in [0, 0.05) is 19.6 Å². The number of aryl methyl sites for hydroxylation is 1. The van der Waals surface area contributed by atoms with Gasteiger partial charge in [-0.3, -0.25) is 14.3 Å². The number of benzene rings is 1. The first-order valence-corrected chi connectivity index (χ1v) is 8.89. The molecular formula is C16H19N5O3S. The van der Waals surface area contributed by atoms with E-state index in [1.165, 1.54) is 21.2 Å². The number of imide groups is 1. The van der Waals surface area contributed by atoms with Crippen LogP contribution in [0.15, 0.2) is 40.3 Å². The third-order valence-corrected chi connectivity index (χ3v) is 5.02. The maximum absolute atomic E-state index is 12.4. The molecule has 9 heteroatoms. The van der Waals surface area contributed by atoms with E-state index in [1.54, 1.807) is 6.92 Å². The molecular weight excluding hydrogens is 342 g/mol. The molecule has 2 N–H and O–H groups in total. The van der Waals surface area contributed by atoms with Gasteiger partial charge in [0.15, 0.2) is 5.16 Å². The fourth-order valence-corrected chi connectivity index (χ4v) is 3.53. The molecule has 0 saturated carbocycles. The first kappa shape index (κ1) is 17.3. The van der Waals surface area contributed by atoms with Gasteiger partial charge in [-0.05, 0) is 18.9 Å². The van der Waals surface area contributed by atoms with Crippen LogP contribution in [0, 0.1) is 0 Å². The molecule has 132 valence electrons. The second kappa shape index (κ2) is 7.56. The molecule has 0 spiro atoms. The highest BCUT2D eigenvalue weighted by atomic mass is 32.2. The molecule has 2 aromatic rings. The van der Waals surface area contributed by atoms with Crippen molar-refractivity contribution in [2.75, 3.05) is 13.1 Å². The zero-order valence-corrected chi connectivity index (χ0v) is 14.6. The van der Waals surface area contributed by atoms with Crippen molar-refractivity contribution in [3.63, 3.8) is 0 Å². The monoisotopic (exact) mass is 361 g/mol. The van der Waals surface area contributed by atoms with E-state index in [4.69, 9.17) is 0 Å². The number of carbonyl (C=O) groups excluding carboxylic acids is 2. The molecule has 1 aromatic heterocycles. The van der Waals surface area contributed by atoms with Crippen molar-refractivity contribution in [3.8, 4) is 0 Å². The number of aromatic nitrogens is 3. The van der Waals surface area contributed by atoms with Crippen LogP contribution in [0.25, 0.3) is 0 Å². The minimum atomic E-state index is -0.519. The van der Waals surface area contributed by atoms with E-state index in [9.17, 15) is 14.4 Å². The zero-order chi connectivity index (χ0) is 17.8. The minimum absolute atomic E-state index is 0.287. The highest BCUT2D eigenvalue weighted by molar-refractivity contribution is 8.00. The smallest absolute Gasteiger partial charge is 0.336 e. The predicted octanol–water partition coefficient (Wildman–Crippen LogP) is 0.846. The molecule has 1 atom stereocenters.